The first kappa shape index (κ1) is 14.8. The zero-order chi connectivity index (χ0) is 14.5. The Morgan fingerprint density at radius 3 is 3.10 bits per heavy atom. The van der Waals surface area contributed by atoms with Gasteiger partial charge in [-0.25, -0.2) is 4.79 Å². The van der Waals surface area contributed by atoms with Crippen LogP contribution in [0.5, 0.6) is 0 Å². The average molecular weight is 279 g/mol. The van der Waals surface area contributed by atoms with Crippen molar-refractivity contribution in [3.63, 3.8) is 0 Å². The molecule has 6 nitrogen and oxygen atoms in total. The van der Waals surface area contributed by atoms with Crippen LogP contribution in [0.1, 0.15) is 12.5 Å². The first-order valence-corrected chi connectivity index (χ1v) is 6.73. The number of benzene rings is 1. The molecule has 1 aliphatic heterocycles. The number of hydrogen-bond acceptors (Lipinski definition) is 4. The zero-order valence-corrected chi connectivity index (χ0v) is 11.6. The lowest BCUT2D eigenvalue weighted by molar-refractivity contribution is -0.0611. The van der Waals surface area contributed by atoms with E-state index in [4.69, 9.17) is 15.6 Å². The van der Waals surface area contributed by atoms with Gasteiger partial charge in [0.25, 0.3) is 0 Å². The van der Waals surface area contributed by atoms with Crippen molar-refractivity contribution >= 4 is 11.7 Å². The first-order chi connectivity index (χ1) is 9.63. The third kappa shape index (κ3) is 3.47. The molecule has 1 aromatic rings. The van der Waals surface area contributed by atoms with Crippen LogP contribution in [0.15, 0.2) is 24.3 Å². The predicted molar refractivity (Wildman–Crippen MR) is 76.3 cm³/mol. The molecule has 0 saturated carbocycles. The van der Waals surface area contributed by atoms with Crippen molar-refractivity contribution in [1.82, 2.24) is 4.90 Å². The largest absolute Gasteiger partial charge is 0.394 e. The second-order valence-corrected chi connectivity index (χ2v) is 4.97. The molecule has 4 N–H and O–H groups in total. The molecule has 1 aliphatic rings. The Kier molecular flexibility index (Phi) is 4.94. The highest BCUT2D eigenvalue weighted by Crippen LogP contribution is 2.15. The topological polar surface area (TPSA) is 87.8 Å². The number of nitrogens with zero attached hydrogens (tertiary/aromatic N) is 1. The third-order valence-corrected chi connectivity index (χ3v) is 3.38. The molecule has 1 aromatic carbocycles. The van der Waals surface area contributed by atoms with E-state index in [2.05, 4.69) is 5.32 Å². The Morgan fingerprint density at radius 1 is 1.60 bits per heavy atom. The highest BCUT2D eigenvalue weighted by Gasteiger charge is 2.29. The Bertz CT molecular complexity index is 467. The van der Waals surface area contributed by atoms with Gasteiger partial charge in [-0.3, -0.25) is 0 Å². The second kappa shape index (κ2) is 6.69. The Hall–Kier alpha value is -1.63. The number of anilines is 1. The molecule has 1 saturated heterocycles. The Labute approximate surface area is 118 Å². The van der Waals surface area contributed by atoms with Crippen molar-refractivity contribution in [2.75, 3.05) is 25.1 Å². The van der Waals surface area contributed by atoms with Crippen molar-refractivity contribution in [3.8, 4) is 0 Å². The zero-order valence-electron chi connectivity index (χ0n) is 11.6. The number of hydrogen-bond donors (Lipinski definition) is 3. The van der Waals surface area contributed by atoms with E-state index in [1.165, 1.54) is 0 Å². The van der Waals surface area contributed by atoms with E-state index < -0.39 is 0 Å². The van der Waals surface area contributed by atoms with Gasteiger partial charge in [0.05, 0.1) is 31.9 Å². The van der Waals surface area contributed by atoms with Gasteiger partial charge in [-0.15, -0.1) is 0 Å². The molecule has 2 atom stereocenters. The summed E-state index contributed by atoms with van der Waals surface area (Å²) in [6.07, 6.45) is -0.313. The number of urea groups is 1. The van der Waals surface area contributed by atoms with Crippen molar-refractivity contribution in [2.24, 2.45) is 5.73 Å². The molecule has 2 unspecified atom stereocenters. The number of rotatable bonds is 3. The van der Waals surface area contributed by atoms with E-state index in [1.54, 1.807) is 4.90 Å². The minimum Gasteiger partial charge on any atom is -0.394 e. The van der Waals surface area contributed by atoms with Gasteiger partial charge in [-0.05, 0) is 24.6 Å². The van der Waals surface area contributed by atoms with E-state index in [9.17, 15) is 4.79 Å². The summed E-state index contributed by atoms with van der Waals surface area (Å²) in [6.45, 7) is 3.09. The van der Waals surface area contributed by atoms with Crippen LogP contribution in [-0.4, -0.2) is 47.9 Å². The normalized spacial score (nSPS) is 22.6. The minimum absolute atomic E-state index is 0.0181. The molecule has 1 heterocycles. The summed E-state index contributed by atoms with van der Waals surface area (Å²) in [5.41, 5.74) is 7.27. The smallest absolute Gasteiger partial charge is 0.322 e. The molecule has 20 heavy (non-hydrogen) atoms. The van der Waals surface area contributed by atoms with Gasteiger partial charge in [0.2, 0.25) is 0 Å². The lowest BCUT2D eigenvalue weighted by atomic mass is 10.2. The molecule has 0 aliphatic carbocycles. The molecule has 0 aromatic heterocycles. The van der Waals surface area contributed by atoms with Gasteiger partial charge >= 0.3 is 6.03 Å². The lowest BCUT2D eigenvalue weighted by Gasteiger charge is -2.37. The van der Waals surface area contributed by atoms with Gasteiger partial charge in [0.15, 0.2) is 0 Å². The van der Waals surface area contributed by atoms with E-state index >= 15 is 0 Å². The summed E-state index contributed by atoms with van der Waals surface area (Å²) in [7, 11) is 0. The van der Waals surface area contributed by atoms with Crippen molar-refractivity contribution in [1.29, 1.82) is 0 Å². The number of carbonyl (C=O) groups excluding carboxylic acids is 1. The highest BCUT2D eigenvalue weighted by molar-refractivity contribution is 5.89. The fraction of sp³-hybridized carbons (Fsp3) is 0.500. The fourth-order valence-electron chi connectivity index (χ4n) is 2.18. The van der Waals surface area contributed by atoms with Crippen LogP contribution in [0.25, 0.3) is 0 Å². The third-order valence-electron chi connectivity index (χ3n) is 3.38. The first-order valence-electron chi connectivity index (χ1n) is 6.73. The fourth-order valence-corrected chi connectivity index (χ4v) is 2.18. The van der Waals surface area contributed by atoms with E-state index in [-0.39, 0.29) is 24.8 Å². The molecular weight excluding hydrogens is 258 g/mol. The molecular formula is C14H21N3O3. The van der Waals surface area contributed by atoms with Crippen LogP contribution in [0.4, 0.5) is 10.5 Å². The number of aliphatic hydroxyl groups excluding tert-OH is 1. The molecule has 0 radical (unpaired) electrons. The number of morpholine rings is 1. The van der Waals surface area contributed by atoms with Crippen molar-refractivity contribution < 1.29 is 14.6 Å². The molecule has 0 bridgehead atoms. The predicted octanol–water partition coefficient (Wildman–Crippen LogP) is 0.759. The Balaban J connectivity index is 2.02. The molecule has 1 fully saturated rings. The minimum atomic E-state index is -0.313. The SMILES string of the molecule is CC1COC(CO)CN1C(=O)Nc1cccc(CN)c1. The summed E-state index contributed by atoms with van der Waals surface area (Å²) < 4.78 is 5.42. The number of ether oxygens (including phenoxy) is 1. The molecule has 6 heteroatoms. The maximum Gasteiger partial charge on any atom is 0.322 e. The van der Waals surface area contributed by atoms with E-state index in [0.29, 0.717) is 19.7 Å². The van der Waals surface area contributed by atoms with Crippen LogP contribution in [0.3, 0.4) is 0 Å². The summed E-state index contributed by atoms with van der Waals surface area (Å²) in [6, 6.07) is 7.24. The van der Waals surface area contributed by atoms with Gasteiger partial charge in [0.1, 0.15) is 0 Å². The van der Waals surface area contributed by atoms with Crippen molar-refractivity contribution in [3.05, 3.63) is 29.8 Å². The van der Waals surface area contributed by atoms with Gasteiger partial charge in [-0.2, -0.15) is 0 Å². The van der Waals surface area contributed by atoms with Crippen LogP contribution in [-0.2, 0) is 11.3 Å². The quantitative estimate of drug-likeness (QED) is 0.762. The molecule has 0 spiro atoms. The molecule has 110 valence electrons. The summed E-state index contributed by atoms with van der Waals surface area (Å²) in [5.74, 6) is 0. The number of amides is 2. The van der Waals surface area contributed by atoms with Crippen LogP contribution < -0.4 is 11.1 Å². The van der Waals surface area contributed by atoms with Crippen LogP contribution in [0.2, 0.25) is 0 Å². The van der Waals surface area contributed by atoms with E-state index in [1.807, 2.05) is 31.2 Å². The summed E-state index contributed by atoms with van der Waals surface area (Å²) in [5, 5.41) is 12.0. The number of nitrogens with two attached hydrogens (primary N) is 1. The number of carbonyl (C=O) groups is 1. The average Bonchev–Trinajstić information content (AvgIpc) is 2.47. The van der Waals surface area contributed by atoms with Crippen molar-refractivity contribution in [2.45, 2.75) is 25.6 Å². The monoisotopic (exact) mass is 279 g/mol. The van der Waals surface area contributed by atoms with Gasteiger partial charge in [-0.1, -0.05) is 12.1 Å². The van der Waals surface area contributed by atoms with Gasteiger partial charge in [0, 0.05) is 12.2 Å². The number of aliphatic hydroxyl groups is 1. The van der Waals surface area contributed by atoms with Crippen LogP contribution >= 0.6 is 0 Å². The lowest BCUT2D eigenvalue weighted by Crippen LogP contribution is -2.53. The summed E-state index contributed by atoms with van der Waals surface area (Å²) in [4.78, 5) is 14.0. The number of nitrogens with one attached hydrogen (secondary N) is 1. The maximum atomic E-state index is 12.3. The highest BCUT2D eigenvalue weighted by atomic mass is 16.5. The second-order valence-electron chi connectivity index (χ2n) is 4.97. The van der Waals surface area contributed by atoms with Gasteiger partial charge < -0.3 is 25.8 Å². The molecule has 2 amide bonds. The summed E-state index contributed by atoms with van der Waals surface area (Å²) >= 11 is 0. The standard InChI is InChI=1S/C14H21N3O3/c1-10-9-20-13(8-18)7-17(10)14(19)16-12-4-2-3-11(5-12)6-15/h2-5,10,13,18H,6-9,15H2,1H3,(H,16,19). The Morgan fingerprint density at radius 2 is 2.40 bits per heavy atom. The van der Waals surface area contributed by atoms with E-state index in [0.717, 1.165) is 11.3 Å². The molecule has 2 rings (SSSR count). The maximum absolute atomic E-state index is 12.3. The van der Waals surface area contributed by atoms with Crippen LogP contribution in [0, 0.1) is 0 Å².